The van der Waals surface area contributed by atoms with Gasteiger partial charge in [-0.1, -0.05) is 24.3 Å². The van der Waals surface area contributed by atoms with E-state index in [1.165, 1.54) is 16.7 Å². The number of fused-ring (bicyclic) bond motifs is 2. The maximum atomic E-state index is 11.3. The van der Waals surface area contributed by atoms with Crippen molar-refractivity contribution >= 4 is 5.96 Å². The van der Waals surface area contributed by atoms with Gasteiger partial charge in [-0.2, -0.15) is 0 Å². The highest BCUT2D eigenvalue weighted by atomic mass is 16.5. The SMILES string of the molecule is CCNC(=NCC1(O)CCc2ccccc21)N1CCc2cc(OC)c(OC)cc2C1. The largest absolute Gasteiger partial charge is 0.493 e. The second-order valence-electron chi connectivity index (χ2n) is 8.01. The molecule has 0 saturated heterocycles. The highest BCUT2D eigenvalue weighted by molar-refractivity contribution is 5.80. The number of methoxy groups -OCH3 is 2. The maximum absolute atomic E-state index is 11.3. The van der Waals surface area contributed by atoms with Crippen molar-refractivity contribution in [1.29, 1.82) is 0 Å². The number of hydrogen-bond acceptors (Lipinski definition) is 4. The summed E-state index contributed by atoms with van der Waals surface area (Å²) in [5.74, 6) is 2.36. The van der Waals surface area contributed by atoms with Gasteiger partial charge in [-0.05, 0) is 60.6 Å². The van der Waals surface area contributed by atoms with Crippen LogP contribution in [0, 0.1) is 0 Å². The minimum absolute atomic E-state index is 0.363. The summed E-state index contributed by atoms with van der Waals surface area (Å²) in [5, 5.41) is 14.7. The van der Waals surface area contributed by atoms with Crippen molar-refractivity contribution in [1.82, 2.24) is 10.2 Å². The van der Waals surface area contributed by atoms with E-state index in [4.69, 9.17) is 14.5 Å². The number of aliphatic imine (C=N–C) groups is 1. The Morgan fingerprint density at radius 1 is 1.10 bits per heavy atom. The van der Waals surface area contributed by atoms with E-state index >= 15 is 0 Å². The van der Waals surface area contributed by atoms with Crippen LogP contribution in [-0.4, -0.2) is 49.8 Å². The van der Waals surface area contributed by atoms with E-state index < -0.39 is 5.60 Å². The summed E-state index contributed by atoms with van der Waals surface area (Å²) in [6.07, 6.45) is 2.53. The summed E-state index contributed by atoms with van der Waals surface area (Å²) >= 11 is 0. The number of nitrogens with zero attached hydrogens (tertiary/aromatic N) is 2. The highest BCUT2D eigenvalue weighted by Gasteiger charge is 2.36. The lowest BCUT2D eigenvalue weighted by Crippen LogP contribution is -2.44. The van der Waals surface area contributed by atoms with E-state index in [9.17, 15) is 5.11 Å². The van der Waals surface area contributed by atoms with E-state index in [-0.39, 0.29) is 0 Å². The number of rotatable bonds is 5. The van der Waals surface area contributed by atoms with Crippen molar-refractivity contribution in [3.05, 3.63) is 58.7 Å². The molecule has 0 aromatic heterocycles. The maximum Gasteiger partial charge on any atom is 0.194 e. The molecule has 2 aromatic carbocycles. The zero-order valence-electron chi connectivity index (χ0n) is 18.1. The first-order valence-corrected chi connectivity index (χ1v) is 10.7. The number of guanidine groups is 1. The Morgan fingerprint density at radius 3 is 2.57 bits per heavy atom. The Hall–Kier alpha value is -2.73. The lowest BCUT2D eigenvalue weighted by atomic mass is 9.96. The summed E-state index contributed by atoms with van der Waals surface area (Å²) < 4.78 is 10.9. The molecule has 1 heterocycles. The summed E-state index contributed by atoms with van der Waals surface area (Å²) in [6, 6.07) is 12.3. The smallest absolute Gasteiger partial charge is 0.194 e. The van der Waals surface area contributed by atoms with Gasteiger partial charge in [-0.15, -0.1) is 0 Å². The molecule has 0 bridgehead atoms. The zero-order valence-corrected chi connectivity index (χ0v) is 18.1. The number of aryl methyl sites for hydroxylation is 1. The average Bonchev–Trinajstić information content (AvgIpc) is 3.12. The molecule has 160 valence electrons. The molecule has 0 radical (unpaired) electrons. The second-order valence-corrected chi connectivity index (χ2v) is 8.01. The van der Waals surface area contributed by atoms with Gasteiger partial charge in [-0.25, -0.2) is 4.99 Å². The number of hydrogen-bond donors (Lipinski definition) is 2. The minimum atomic E-state index is -0.887. The Morgan fingerprint density at radius 2 is 1.83 bits per heavy atom. The van der Waals surface area contributed by atoms with Gasteiger partial charge in [0.05, 0.1) is 20.8 Å². The van der Waals surface area contributed by atoms with Gasteiger partial charge in [0.15, 0.2) is 17.5 Å². The molecule has 2 N–H and O–H groups in total. The Kier molecular flexibility index (Phi) is 5.86. The van der Waals surface area contributed by atoms with Crippen molar-refractivity contribution in [2.24, 2.45) is 4.99 Å². The molecular formula is C24H31N3O3. The second kappa shape index (κ2) is 8.56. The van der Waals surface area contributed by atoms with Gasteiger partial charge in [0.25, 0.3) is 0 Å². The van der Waals surface area contributed by atoms with Gasteiger partial charge in [0.2, 0.25) is 0 Å². The summed E-state index contributed by atoms with van der Waals surface area (Å²) in [7, 11) is 3.33. The van der Waals surface area contributed by atoms with Crippen LogP contribution < -0.4 is 14.8 Å². The third kappa shape index (κ3) is 3.84. The fraction of sp³-hybridized carbons (Fsp3) is 0.458. The van der Waals surface area contributed by atoms with Crippen LogP contribution in [0.4, 0.5) is 0 Å². The van der Waals surface area contributed by atoms with Crippen molar-refractivity contribution in [3.63, 3.8) is 0 Å². The molecule has 0 fully saturated rings. The van der Waals surface area contributed by atoms with E-state index in [1.807, 2.05) is 18.2 Å². The number of nitrogens with one attached hydrogen (secondary N) is 1. The fourth-order valence-corrected chi connectivity index (χ4v) is 4.53. The monoisotopic (exact) mass is 409 g/mol. The van der Waals surface area contributed by atoms with Crippen LogP contribution in [0.1, 0.15) is 35.6 Å². The Labute approximate surface area is 178 Å². The van der Waals surface area contributed by atoms with Gasteiger partial charge in [0, 0.05) is 19.6 Å². The molecule has 30 heavy (non-hydrogen) atoms. The number of benzene rings is 2. The predicted octanol–water partition coefficient (Wildman–Crippen LogP) is 2.86. The van der Waals surface area contributed by atoms with Crippen LogP contribution in [0.3, 0.4) is 0 Å². The molecule has 6 heteroatoms. The third-order valence-electron chi connectivity index (χ3n) is 6.17. The first-order chi connectivity index (χ1) is 14.6. The third-order valence-corrected chi connectivity index (χ3v) is 6.17. The molecular weight excluding hydrogens is 378 g/mol. The molecule has 0 amide bonds. The predicted molar refractivity (Wildman–Crippen MR) is 118 cm³/mol. The van der Waals surface area contributed by atoms with Crippen molar-refractivity contribution < 1.29 is 14.6 Å². The van der Waals surface area contributed by atoms with Gasteiger partial charge in [-0.3, -0.25) is 0 Å². The lowest BCUT2D eigenvalue weighted by Gasteiger charge is -2.33. The topological polar surface area (TPSA) is 66.3 Å². The first-order valence-electron chi connectivity index (χ1n) is 10.7. The molecule has 0 spiro atoms. The number of aliphatic hydroxyl groups is 1. The number of ether oxygens (including phenoxy) is 2. The molecule has 1 aliphatic carbocycles. The fourth-order valence-electron chi connectivity index (χ4n) is 4.53. The molecule has 0 saturated carbocycles. The summed E-state index contributed by atoms with van der Waals surface area (Å²) in [4.78, 5) is 7.12. The van der Waals surface area contributed by atoms with Crippen molar-refractivity contribution in [3.8, 4) is 11.5 Å². The van der Waals surface area contributed by atoms with Crippen molar-refractivity contribution in [2.75, 3.05) is 33.9 Å². The Balaban J connectivity index is 1.55. The van der Waals surface area contributed by atoms with Gasteiger partial charge >= 0.3 is 0 Å². The zero-order chi connectivity index (χ0) is 21.1. The van der Waals surface area contributed by atoms with Crippen molar-refractivity contribution in [2.45, 2.75) is 38.3 Å². The highest BCUT2D eigenvalue weighted by Crippen LogP contribution is 2.37. The molecule has 2 aliphatic rings. The van der Waals surface area contributed by atoms with Crippen LogP contribution in [0.15, 0.2) is 41.4 Å². The van der Waals surface area contributed by atoms with Crippen LogP contribution in [0.2, 0.25) is 0 Å². The quantitative estimate of drug-likeness (QED) is 0.587. The first kappa shape index (κ1) is 20.5. The summed E-state index contributed by atoms with van der Waals surface area (Å²) in [5.41, 5.74) is 3.86. The van der Waals surface area contributed by atoms with Crippen LogP contribution in [0.5, 0.6) is 11.5 Å². The van der Waals surface area contributed by atoms with Crippen LogP contribution >= 0.6 is 0 Å². The minimum Gasteiger partial charge on any atom is -0.493 e. The van der Waals surface area contributed by atoms with Gasteiger partial charge in [0.1, 0.15) is 5.60 Å². The molecule has 6 nitrogen and oxygen atoms in total. The Bertz CT molecular complexity index is 943. The standard InChI is InChI=1S/C24H31N3O3/c1-4-25-23(26-16-24(28)11-9-17-7-5-6-8-20(17)24)27-12-10-18-13-21(29-2)22(30-3)14-19(18)15-27/h5-8,13-14,28H,4,9-12,15-16H2,1-3H3,(H,25,26). The summed E-state index contributed by atoms with van der Waals surface area (Å²) in [6.45, 7) is 4.82. The molecule has 2 aromatic rings. The van der Waals surface area contributed by atoms with E-state index in [0.717, 1.165) is 61.9 Å². The normalized spacial score (nSPS) is 20.5. The van der Waals surface area contributed by atoms with Gasteiger partial charge < -0.3 is 24.8 Å². The average molecular weight is 410 g/mol. The van der Waals surface area contributed by atoms with Crippen LogP contribution in [-0.2, 0) is 25.0 Å². The molecule has 1 aliphatic heterocycles. The lowest BCUT2D eigenvalue weighted by molar-refractivity contribution is 0.0482. The molecule has 1 atom stereocenters. The van der Waals surface area contributed by atoms with E-state index in [1.54, 1.807) is 14.2 Å². The molecule has 1 unspecified atom stereocenters. The molecule has 4 rings (SSSR count). The van der Waals surface area contributed by atoms with E-state index in [2.05, 4.69) is 35.3 Å². The van der Waals surface area contributed by atoms with Crippen LogP contribution in [0.25, 0.3) is 0 Å². The van der Waals surface area contributed by atoms with E-state index in [0.29, 0.717) is 6.54 Å².